The molecule has 0 fully saturated rings. The molecule has 2 rings (SSSR count). The topological polar surface area (TPSA) is 55.7 Å². The van der Waals surface area contributed by atoms with Crippen molar-refractivity contribution in [1.29, 1.82) is 0 Å². The van der Waals surface area contributed by atoms with E-state index in [-0.39, 0.29) is 17.4 Å². The van der Waals surface area contributed by atoms with Crippen molar-refractivity contribution in [2.75, 3.05) is 6.61 Å². The maximum absolute atomic E-state index is 11.6. The van der Waals surface area contributed by atoms with Gasteiger partial charge in [0.2, 0.25) is 5.90 Å². The SMILES string of the molecule is C=CCOC1=NS(=O)(=O)C2=CC=CC2=C1. The van der Waals surface area contributed by atoms with Gasteiger partial charge in [0.1, 0.15) is 6.61 Å². The van der Waals surface area contributed by atoms with Crippen LogP contribution in [-0.2, 0) is 14.8 Å². The minimum atomic E-state index is -3.58. The van der Waals surface area contributed by atoms with Crippen LogP contribution in [0.2, 0.25) is 0 Å². The number of sulfonamides is 1. The molecular weight excluding hydrogens is 214 g/mol. The van der Waals surface area contributed by atoms with Gasteiger partial charge < -0.3 is 4.74 Å². The number of ether oxygens (including phenoxy) is 1. The fourth-order valence-corrected chi connectivity index (χ4v) is 2.43. The van der Waals surface area contributed by atoms with Crippen molar-refractivity contribution in [3.63, 3.8) is 0 Å². The van der Waals surface area contributed by atoms with Crippen LogP contribution in [0, 0.1) is 0 Å². The van der Waals surface area contributed by atoms with Crippen LogP contribution in [0.4, 0.5) is 0 Å². The molecule has 0 saturated heterocycles. The summed E-state index contributed by atoms with van der Waals surface area (Å²) >= 11 is 0. The smallest absolute Gasteiger partial charge is 0.286 e. The van der Waals surface area contributed by atoms with Crippen LogP contribution < -0.4 is 0 Å². The molecule has 0 saturated carbocycles. The lowest BCUT2D eigenvalue weighted by molar-refractivity contribution is 0.354. The quantitative estimate of drug-likeness (QED) is 0.663. The molecule has 1 heterocycles. The first kappa shape index (κ1) is 9.92. The van der Waals surface area contributed by atoms with Crippen LogP contribution in [-0.4, -0.2) is 20.9 Å². The van der Waals surface area contributed by atoms with Crippen molar-refractivity contribution in [3.8, 4) is 0 Å². The summed E-state index contributed by atoms with van der Waals surface area (Å²) in [6.07, 6.45) is 8.03. The maximum atomic E-state index is 11.6. The van der Waals surface area contributed by atoms with Crippen molar-refractivity contribution in [1.82, 2.24) is 0 Å². The van der Waals surface area contributed by atoms with Gasteiger partial charge in [0, 0.05) is 11.6 Å². The molecule has 0 bridgehead atoms. The standard InChI is InChI=1S/C10H9NO3S/c1-2-6-14-10-7-8-4-3-5-9(8)15(12,13)11-10/h2-5,7H,1,6H2. The largest absolute Gasteiger partial charge is 0.473 e. The molecule has 0 amide bonds. The normalized spacial score (nSPS) is 21.2. The van der Waals surface area contributed by atoms with Gasteiger partial charge in [0.05, 0.1) is 4.91 Å². The van der Waals surface area contributed by atoms with Crippen LogP contribution in [0.25, 0.3) is 0 Å². The number of rotatable bonds is 2. The molecule has 15 heavy (non-hydrogen) atoms. The van der Waals surface area contributed by atoms with Crippen molar-refractivity contribution in [2.45, 2.75) is 0 Å². The average molecular weight is 223 g/mol. The summed E-state index contributed by atoms with van der Waals surface area (Å²) in [7, 11) is -3.58. The Morgan fingerprint density at radius 2 is 2.33 bits per heavy atom. The Balaban J connectivity index is 2.37. The van der Waals surface area contributed by atoms with Crippen LogP contribution in [0.3, 0.4) is 0 Å². The van der Waals surface area contributed by atoms with E-state index in [1.54, 1.807) is 18.2 Å². The molecule has 1 aliphatic heterocycles. The zero-order valence-corrected chi connectivity index (χ0v) is 8.70. The van der Waals surface area contributed by atoms with E-state index in [4.69, 9.17) is 4.74 Å². The summed E-state index contributed by atoms with van der Waals surface area (Å²) in [5.74, 6) is 0.105. The zero-order chi connectivity index (χ0) is 10.9. The second-order valence-corrected chi connectivity index (χ2v) is 4.57. The number of hydrogen-bond donors (Lipinski definition) is 0. The highest BCUT2D eigenvalue weighted by molar-refractivity contribution is 7.94. The monoisotopic (exact) mass is 223 g/mol. The summed E-state index contributed by atoms with van der Waals surface area (Å²) in [6, 6.07) is 0. The van der Waals surface area contributed by atoms with Crippen molar-refractivity contribution in [2.24, 2.45) is 4.40 Å². The first-order valence-corrected chi connectivity index (χ1v) is 5.76. The van der Waals surface area contributed by atoms with Crippen LogP contribution >= 0.6 is 0 Å². The molecule has 1 aliphatic carbocycles. The Kier molecular flexibility index (Phi) is 2.32. The van der Waals surface area contributed by atoms with Crippen LogP contribution in [0.1, 0.15) is 0 Å². The highest BCUT2D eigenvalue weighted by Crippen LogP contribution is 2.28. The summed E-state index contributed by atoms with van der Waals surface area (Å²) in [6.45, 7) is 3.71. The van der Waals surface area contributed by atoms with E-state index in [1.165, 1.54) is 12.2 Å². The van der Waals surface area contributed by atoms with Gasteiger partial charge in [-0.2, -0.15) is 8.42 Å². The Hall–Kier alpha value is -1.62. The number of fused-ring (bicyclic) bond motifs is 1. The van der Waals surface area contributed by atoms with Crippen molar-refractivity contribution < 1.29 is 13.2 Å². The summed E-state index contributed by atoms with van der Waals surface area (Å²) in [4.78, 5) is 0.230. The average Bonchev–Trinajstić information content (AvgIpc) is 2.62. The van der Waals surface area contributed by atoms with Crippen molar-refractivity contribution >= 4 is 15.9 Å². The van der Waals surface area contributed by atoms with Gasteiger partial charge in [-0.1, -0.05) is 24.8 Å². The summed E-state index contributed by atoms with van der Waals surface area (Å²) in [5.41, 5.74) is 0.615. The lowest BCUT2D eigenvalue weighted by Gasteiger charge is -2.11. The van der Waals surface area contributed by atoms with E-state index in [0.717, 1.165) is 0 Å². The van der Waals surface area contributed by atoms with Gasteiger partial charge in [0.15, 0.2) is 0 Å². The van der Waals surface area contributed by atoms with Gasteiger partial charge >= 0.3 is 0 Å². The van der Waals surface area contributed by atoms with E-state index >= 15 is 0 Å². The molecule has 5 heteroatoms. The molecule has 2 aliphatic rings. The molecule has 0 spiro atoms. The Morgan fingerprint density at radius 3 is 3.07 bits per heavy atom. The fraction of sp³-hybridized carbons (Fsp3) is 0.100. The molecule has 78 valence electrons. The molecule has 0 unspecified atom stereocenters. The van der Waals surface area contributed by atoms with E-state index in [2.05, 4.69) is 11.0 Å². The highest BCUT2D eigenvalue weighted by Gasteiger charge is 2.27. The van der Waals surface area contributed by atoms with Gasteiger partial charge in [-0.3, -0.25) is 0 Å². The zero-order valence-electron chi connectivity index (χ0n) is 7.88. The molecule has 0 aromatic heterocycles. The third-order valence-corrected chi connectivity index (χ3v) is 3.27. The second-order valence-electron chi connectivity index (χ2n) is 2.99. The third kappa shape index (κ3) is 1.78. The van der Waals surface area contributed by atoms with Gasteiger partial charge in [-0.25, -0.2) is 0 Å². The van der Waals surface area contributed by atoms with E-state index in [0.29, 0.717) is 5.57 Å². The Bertz CT molecular complexity index is 521. The lowest BCUT2D eigenvalue weighted by Crippen LogP contribution is -2.14. The van der Waals surface area contributed by atoms with Gasteiger partial charge in [-0.15, -0.1) is 4.40 Å². The van der Waals surface area contributed by atoms with E-state index in [9.17, 15) is 8.42 Å². The predicted octanol–water partition coefficient (Wildman–Crippen LogP) is 1.31. The van der Waals surface area contributed by atoms with Crippen molar-refractivity contribution in [3.05, 3.63) is 47.4 Å². The highest BCUT2D eigenvalue weighted by atomic mass is 32.2. The minimum Gasteiger partial charge on any atom is -0.473 e. The predicted molar refractivity (Wildman–Crippen MR) is 57.8 cm³/mol. The molecule has 0 N–H and O–H groups in total. The van der Waals surface area contributed by atoms with Crippen LogP contribution in [0.5, 0.6) is 0 Å². The van der Waals surface area contributed by atoms with Gasteiger partial charge in [-0.05, 0) is 6.08 Å². The Morgan fingerprint density at radius 1 is 1.53 bits per heavy atom. The summed E-state index contributed by atoms with van der Waals surface area (Å²) < 4.78 is 31.8. The molecule has 0 aromatic carbocycles. The third-order valence-electron chi connectivity index (χ3n) is 1.92. The minimum absolute atomic E-state index is 0.105. The van der Waals surface area contributed by atoms with Gasteiger partial charge in [0.25, 0.3) is 10.0 Å². The lowest BCUT2D eigenvalue weighted by atomic mass is 10.2. The molecule has 0 aromatic rings. The number of nitrogens with zero attached hydrogens (tertiary/aromatic N) is 1. The summed E-state index contributed by atoms with van der Waals surface area (Å²) in [5, 5.41) is 0. The number of allylic oxidation sites excluding steroid dienone is 4. The molecular formula is C10H9NO3S. The molecule has 0 atom stereocenters. The fourth-order valence-electron chi connectivity index (χ4n) is 1.31. The number of hydrogen-bond acceptors (Lipinski definition) is 3. The molecule has 0 radical (unpaired) electrons. The van der Waals surface area contributed by atoms with Crippen LogP contribution in [0.15, 0.2) is 51.8 Å². The first-order valence-electron chi connectivity index (χ1n) is 4.32. The molecule has 4 nitrogen and oxygen atoms in total. The Labute approximate surface area is 88.0 Å². The maximum Gasteiger partial charge on any atom is 0.286 e. The first-order chi connectivity index (χ1) is 7.13. The van der Waals surface area contributed by atoms with E-state index in [1.807, 2.05) is 0 Å². The second kappa shape index (κ2) is 3.51. The van der Waals surface area contributed by atoms with E-state index < -0.39 is 10.0 Å².